The van der Waals surface area contributed by atoms with E-state index in [4.69, 9.17) is 11.6 Å². The molecule has 0 aliphatic heterocycles. The van der Waals surface area contributed by atoms with E-state index in [2.05, 4.69) is 20.7 Å². The van der Waals surface area contributed by atoms with Gasteiger partial charge in [-0.25, -0.2) is 17.9 Å². The molecule has 2 heterocycles. The van der Waals surface area contributed by atoms with Gasteiger partial charge < -0.3 is 10.6 Å². The number of hydrogen-bond acceptors (Lipinski definition) is 6. The maximum Gasteiger partial charge on any atom is 0.214 e. The minimum absolute atomic E-state index is 0.0795. The lowest BCUT2D eigenvalue weighted by atomic mass is 10.1. The molecule has 0 unspecified atom stereocenters. The molecule has 0 aliphatic carbocycles. The highest BCUT2D eigenvalue weighted by molar-refractivity contribution is 7.91. The van der Waals surface area contributed by atoms with Gasteiger partial charge in [0, 0.05) is 42.1 Å². The number of fused-ring (bicyclic) bond motifs is 1. The fourth-order valence-electron chi connectivity index (χ4n) is 3.71. The van der Waals surface area contributed by atoms with E-state index in [1.165, 1.54) is 0 Å². The summed E-state index contributed by atoms with van der Waals surface area (Å²) in [6, 6.07) is 16.0. The highest BCUT2D eigenvalue weighted by atomic mass is 35.5. The monoisotopic (exact) mass is 469 g/mol. The number of aryl methyl sites for hydroxylation is 2. The molecule has 2 aromatic carbocycles. The van der Waals surface area contributed by atoms with E-state index < -0.39 is 9.84 Å². The second kappa shape index (κ2) is 8.90. The molecule has 0 fully saturated rings. The molecule has 0 saturated heterocycles. The van der Waals surface area contributed by atoms with Crippen LogP contribution in [-0.4, -0.2) is 30.1 Å². The second-order valence-corrected chi connectivity index (χ2v) is 9.80. The Labute approximate surface area is 192 Å². The molecule has 0 atom stereocenters. The third-order valence-electron chi connectivity index (χ3n) is 5.36. The van der Waals surface area contributed by atoms with Crippen molar-refractivity contribution in [2.24, 2.45) is 0 Å². The molecule has 2 N–H and O–H groups in total. The van der Waals surface area contributed by atoms with Crippen LogP contribution in [0, 0.1) is 13.8 Å². The molecular formula is C23H24ClN5O2S. The molecule has 0 saturated carbocycles. The van der Waals surface area contributed by atoms with Crippen LogP contribution in [0.2, 0.25) is 5.02 Å². The van der Waals surface area contributed by atoms with Crippen LogP contribution in [0.3, 0.4) is 0 Å². The Bertz CT molecular complexity index is 1380. The fourth-order valence-corrected chi connectivity index (χ4v) is 5.44. The van der Waals surface area contributed by atoms with Gasteiger partial charge in [-0.15, -0.1) is 5.10 Å². The first-order chi connectivity index (χ1) is 15.3. The zero-order valence-corrected chi connectivity index (χ0v) is 19.6. The number of benzene rings is 2. The van der Waals surface area contributed by atoms with E-state index >= 15 is 0 Å². The number of nitrogens with zero attached hydrogens (tertiary/aromatic N) is 3. The highest BCUT2D eigenvalue weighted by Gasteiger charge is 2.29. The van der Waals surface area contributed by atoms with Crippen molar-refractivity contribution in [2.75, 3.05) is 12.4 Å². The SMILES string of the molecule is CNc1nn2c(C)c(CNCc3cccc(Cl)c3)c(C)nc2c1S(=O)(=O)c1ccccc1. The number of anilines is 1. The minimum atomic E-state index is -3.80. The average Bonchev–Trinajstić information content (AvgIpc) is 3.16. The lowest BCUT2D eigenvalue weighted by Crippen LogP contribution is -2.17. The predicted molar refractivity (Wildman–Crippen MR) is 126 cm³/mol. The highest BCUT2D eigenvalue weighted by Crippen LogP contribution is 2.31. The molecule has 4 aromatic rings. The summed E-state index contributed by atoms with van der Waals surface area (Å²) < 4.78 is 28.4. The van der Waals surface area contributed by atoms with E-state index in [0.717, 1.165) is 22.5 Å². The Morgan fingerprint density at radius 3 is 2.47 bits per heavy atom. The van der Waals surface area contributed by atoms with Crippen molar-refractivity contribution in [3.63, 3.8) is 0 Å². The Hall–Kier alpha value is -2.94. The van der Waals surface area contributed by atoms with E-state index in [-0.39, 0.29) is 15.6 Å². The smallest absolute Gasteiger partial charge is 0.214 e. The summed E-state index contributed by atoms with van der Waals surface area (Å²) in [5, 5.41) is 11.5. The maximum atomic E-state index is 13.4. The molecule has 7 nitrogen and oxygen atoms in total. The van der Waals surface area contributed by atoms with Crippen molar-refractivity contribution in [3.05, 3.63) is 82.1 Å². The number of sulfone groups is 1. The van der Waals surface area contributed by atoms with Gasteiger partial charge in [-0.05, 0) is 43.7 Å². The predicted octanol–water partition coefficient (Wildman–Crippen LogP) is 4.16. The van der Waals surface area contributed by atoms with E-state index in [9.17, 15) is 8.42 Å². The first-order valence-electron chi connectivity index (χ1n) is 10.1. The summed E-state index contributed by atoms with van der Waals surface area (Å²) in [7, 11) is -2.15. The summed E-state index contributed by atoms with van der Waals surface area (Å²) >= 11 is 6.06. The van der Waals surface area contributed by atoms with Crippen LogP contribution in [0.4, 0.5) is 5.82 Å². The number of nitrogens with one attached hydrogen (secondary N) is 2. The van der Waals surface area contributed by atoms with Crippen LogP contribution in [0.15, 0.2) is 64.4 Å². The summed E-state index contributed by atoms with van der Waals surface area (Å²) in [5.41, 5.74) is 3.94. The molecule has 0 bridgehead atoms. The normalized spacial score (nSPS) is 11.8. The van der Waals surface area contributed by atoms with Crippen molar-refractivity contribution in [1.82, 2.24) is 19.9 Å². The molecule has 9 heteroatoms. The molecule has 2 aromatic heterocycles. The van der Waals surface area contributed by atoms with Crippen LogP contribution in [-0.2, 0) is 22.9 Å². The molecular weight excluding hydrogens is 446 g/mol. The van der Waals surface area contributed by atoms with Crippen molar-refractivity contribution in [1.29, 1.82) is 0 Å². The van der Waals surface area contributed by atoms with Gasteiger partial charge in [0.1, 0.15) is 0 Å². The lowest BCUT2D eigenvalue weighted by Gasteiger charge is -2.13. The van der Waals surface area contributed by atoms with Crippen molar-refractivity contribution >= 4 is 32.9 Å². The number of hydrogen-bond donors (Lipinski definition) is 2. The summed E-state index contributed by atoms with van der Waals surface area (Å²) in [4.78, 5) is 4.94. The maximum absolute atomic E-state index is 13.4. The van der Waals surface area contributed by atoms with Gasteiger partial charge in [0.05, 0.1) is 4.90 Å². The summed E-state index contributed by atoms with van der Waals surface area (Å²) in [6.45, 7) is 5.01. The van der Waals surface area contributed by atoms with Gasteiger partial charge in [-0.2, -0.15) is 0 Å². The van der Waals surface area contributed by atoms with Crippen LogP contribution in [0.5, 0.6) is 0 Å². The van der Waals surface area contributed by atoms with Gasteiger partial charge in [0.25, 0.3) is 0 Å². The van der Waals surface area contributed by atoms with Crippen molar-refractivity contribution < 1.29 is 8.42 Å². The van der Waals surface area contributed by atoms with Crippen LogP contribution < -0.4 is 10.6 Å². The zero-order chi connectivity index (χ0) is 22.9. The minimum Gasteiger partial charge on any atom is -0.370 e. The lowest BCUT2D eigenvalue weighted by molar-refractivity contribution is 0.597. The third-order valence-corrected chi connectivity index (χ3v) is 7.40. The Balaban J connectivity index is 1.73. The number of halogens is 1. The van der Waals surface area contributed by atoms with Crippen LogP contribution in [0.1, 0.15) is 22.5 Å². The molecule has 0 aliphatic rings. The Morgan fingerprint density at radius 2 is 1.78 bits per heavy atom. The quantitative estimate of drug-likeness (QED) is 0.422. The zero-order valence-electron chi connectivity index (χ0n) is 18.1. The molecule has 0 radical (unpaired) electrons. The summed E-state index contributed by atoms with van der Waals surface area (Å²) in [5.74, 6) is 0.271. The Morgan fingerprint density at radius 1 is 1.03 bits per heavy atom. The third kappa shape index (κ3) is 4.09. The van der Waals surface area contributed by atoms with Gasteiger partial charge in [0.2, 0.25) is 9.84 Å². The standard InChI is InChI=1S/C23H24ClN5O2S/c1-15-20(14-26-13-17-8-7-9-18(24)12-17)16(2)29-23(27-15)21(22(25-3)28-29)32(30,31)19-10-5-4-6-11-19/h4-12,26H,13-14H2,1-3H3,(H,25,28). The first kappa shape index (κ1) is 22.3. The van der Waals surface area contributed by atoms with E-state index in [1.54, 1.807) is 41.9 Å². The van der Waals surface area contributed by atoms with Gasteiger partial charge in [-0.3, -0.25) is 0 Å². The number of rotatable bonds is 7. The van der Waals surface area contributed by atoms with Crippen molar-refractivity contribution in [2.45, 2.75) is 36.7 Å². The van der Waals surface area contributed by atoms with Crippen LogP contribution >= 0.6 is 11.6 Å². The fraction of sp³-hybridized carbons (Fsp3) is 0.217. The van der Waals surface area contributed by atoms with E-state index in [1.807, 2.05) is 38.1 Å². The molecule has 4 rings (SSSR count). The van der Waals surface area contributed by atoms with Gasteiger partial charge >= 0.3 is 0 Å². The van der Waals surface area contributed by atoms with Crippen LogP contribution in [0.25, 0.3) is 5.65 Å². The largest absolute Gasteiger partial charge is 0.370 e. The van der Waals surface area contributed by atoms with Gasteiger partial charge in [0.15, 0.2) is 16.4 Å². The number of aromatic nitrogens is 3. The molecule has 0 spiro atoms. The Kier molecular flexibility index (Phi) is 6.19. The van der Waals surface area contributed by atoms with Gasteiger partial charge in [-0.1, -0.05) is 41.9 Å². The topological polar surface area (TPSA) is 88.4 Å². The summed E-state index contributed by atoms with van der Waals surface area (Å²) in [6.07, 6.45) is 0. The average molecular weight is 470 g/mol. The molecule has 32 heavy (non-hydrogen) atoms. The van der Waals surface area contributed by atoms with Crippen molar-refractivity contribution in [3.8, 4) is 0 Å². The second-order valence-electron chi connectivity index (χ2n) is 7.47. The molecule has 0 amide bonds. The molecule has 166 valence electrons. The first-order valence-corrected chi connectivity index (χ1v) is 12.0. The van der Waals surface area contributed by atoms with E-state index in [0.29, 0.717) is 23.8 Å².